The smallest absolute Gasteiger partial charge is 0.262 e. The SMILES string of the molecule is [N-]=[N+]=N[C@@H]1O[C@H](COCc2ccccc2)[C@@H](O[C@@H]2O[C@H](COCc3ccccc3)[C@@H](O[C@@H]3O[C@@H]4COC(c5ccccc5)O[C@H]4[C@H](O)[C@@H]3O)[C@H](OCc3ccccc3)[C@H]2N2C(=O)c3ccccc3C2=O)[C@H](OCc2ccccc2)[C@H]1N1C(=O)c2ccccc2C1=O. The third kappa shape index (κ3) is 13.0. The van der Waals surface area contributed by atoms with Crippen LogP contribution < -0.4 is 0 Å². The van der Waals surface area contributed by atoms with Crippen LogP contribution in [0, 0.1) is 0 Å². The maximum atomic E-state index is 15.4. The lowest BCUT2D eigenvalue weighted by atomic mass is 9.92. The minimum absolute atomic E-state index is 0.0497. The number of hydrogen-bond donors (Lipinski definition) is 2. The average Bonchev–Trinajstić information content (AvgIpc) is 1.73. The molecule has 16 atom stereocenters. The molecule has 6 aliphatic heterocycles. The third-order valence-corrected chi connectivity index (χ3v) is 17.0. The molecule has 4 amide bonds. The van der Waals surface area contributed by atoms with E-state index in [0.717, 1.165) is 20.9 Å². The third-order valence-electron chi connectivity index (χ3n) is 17.0. The van der Waals surface area contributed by atoms with Gasteiger partial charge in [0.25, 0.3) is 23.6 Å². The summed E-state index contributed by atoms with van der Waals surface area (Å²) in [6.07, 6.45) is -20.1. The lowest BCUT2D eigenvalue weighted by Gasteiger charge is -2.53. The summed E-state index contributed by atoms with van der Waals surface area (Å²) >= 11 is 0. The normalized spacial score (nSPS) is 29.5. The second-order valence-electron chi connectivity index (χ2n) is 22.8. The molecule has 22 nitrogen and oxygen atoms in total. The quantitative estimate of drug-likeness (QED) is 0.0282. The van der Waals surface area contributed by atoms with Crippen LogP contribution >= 0.6 is 0 Å². The second-order valence-corrected chi connectivity index (χ2v) is 22.8. The van der Waals surface area contributed by atoms with Gasteiger partial charge in [0.05, 0.1) is 68.5 Å². The number of fused-ring (bicyclic) bond motifs is 3. The average molecular weight is 1240 g/mol. The van der Waals surface area contributed by atoms with Crippen LogP contribution in [0.3, 0.4) is 0 Å². The fraction of sp³-hybridized carbons (Fsp3) is 0.333. The van der Waals surface area contributed by atoms with Crippen molar-refractivity contribution in [3.8, 4) is 0 Å². The Labute approximate surface area is 523 Å². The van der Waals surface area contributed by atoms with Gasteiger partial charge in [0.15, 0.2) is 25.1 Å². The number of benzene rings is 7. The highest BCUT2D eigenvalue weighted by Gasteiger charge is 2.61. The van der Waals surface area contributed by atoms with Crippen LogP contribution in [0.15, 0.2) is 205 Å². The minimum Gasteiger partial charge on any atom is -0.387 e. The molecule has 468 valence electrons. The number of nitrogens with zero attached hydrogens (tertiary/aromatic N) is 5. The fourth-order valence-corrected chi connectivity index (χ4v) is 12.6. The van der Waals surface area contributed by atoms with Crippen molar-refractivity contribution in [2.24, 2.45) is 5.11 Å². The number of azide groups is 1. The van der Waals surface area contributed by atoms with E-state index >= 15 is 9.59 Å². The van der Waals surface area contributed by atoms with Gasteiger partial charge in [-0.3, -0.25) is 29.0 Å². The van der Waals surface area contributed by atoms with E-state index in [1.54, 1.807) is 24.3 Å². The summed E-state index contributed by atoms with van der Waals surface area (Å²) in [4.78, 5) is 65.6. The van der Waals surface area contributed by atoms with Crippen molar-refractivity contribution in [3.63, 3.8) is 0 Å². The van der Waals surface area contributed by atoms with E-state index in [9.17, 15) is 25.3 Å². The Balaban J connectivity index is 0.940. The molecule has 0 bridgehead atoms. The predicted molar refractivity (Wildman–Crippen MR) is 321 cm³/mol. The van der Waals surface area contributed by atoms with Crippen molar-refractivity contribution >= 4 is 23.6 Å². The zero-order valence-corrected chi connectivity index (χ0v) is 49.0. The van der Waals surface area contributed by atoms with Crippen LogP contribution in [0.1, 0.15) is 75.5 Å². The molecule has 91 heavy (non-hydrogen) atoms. The van der Waals surface area contributed by atoms with Crippen molar-refractivity contribution in [1.29, 1.82) is 0 Å². The van der Waals surface area contributed by atoms with Gasteiger partial charge in [-0.2, -0.15) is 0 Å². The van der Waals surface area contributed by atoms with Crippen LogP contribution in [-0.2, 0) is 78.5 Å². The van der Waals surface area contributed by atoms with E-state index < -0.39 is 122 Å². The molecule has 2 N–H and O–H groups in total. The van der Waals surface area contributed by atoms with E-state index in [1.807, 2.05) is 152 Å². The van der Waals surface area contributed by atoms with Crippen LogP contribution in [0.5, 0.6) is 0 Å². The van der Waals surface area contributed by atoms with Crippen LogP contribution in [0.25, 0.3) is 10.4 Å². The number of amides is 4. The molecule has 6 heterocycles. The zero-order valence-electron chi connectivity index (χ0n) is 49.0. The summed E-state index contributed by atoms with van der Waals surface area (Å²) in [7, 11) is 0. The van der Waals surface area contributed by atoms with Crippen molar-refractivity contribution in [3.05, 3.63) is 261 Å². The molecule has 0 saturated carbocycles. The fourth-order valence-electron chi connectivity index (χ4n) is 12.6. The topological polar surface area (TPSA) is 266 Å². The first-order chi connectivity index (χ1) is 44.6. The van der Waals surface area contributed by atoms with Gasteiger partial charge < -0.3 is 62.3 Å². The van der Waals surface area contributed by atoms with Crippen LogP contribution in [0.2, 0.25) is 0 Å². The molecular formula is C69H65N5O17. The molecule has 0 aliphatic carbocycles. The van der Waals surface area contributed by atoms with Gasteiger partial charge in [0.2, 0.25) is 0 Å². The number of aliphatic hydroxyl groups excluding tert-OH is 2. The summed E-state index contributed by atoms with van der Waals surface area (Å²) in [5.41, 5.74) is 14.2. The maximum Gasteiger partial charge on any atom is 0.262 e. The van der Waals surface area contributed by atoms with E-state index in [-0.39, 0.29) is 68.5 Å². The van der Waals surface area contributed by atoms with E-state index in [0.29, 0.717) is 16.7 Å². The van der Waals surface area contributed by atoms with Gasteiger partial charge in [0.1, 0.15) is 73.1 Å². The van der Waals surface area contributed by atoms with Crippen LogP contribution in [-0.4, -0.2) is 155 Å². The van der Waals surface area contributed by atoms with E-state index in [4.69, 9.17) is 52.1 Å². The van der Waals surface area contributed by atoms with Crippen molar-refractivity contribution in [1.82, 2.24) is 9.80 Å². The van der Waals surface area contributed by atoms with Gasteiger partial charge >= 0.3 is 0 Å². The highest BCUT2D eigenvalue weighted by molar-refractivity contribution is 6.22. The lowest BCUT2D eigenvalue weighted by molar-refractivity contribution is -0.388. The Kier molecular flexibility index (Phi) is 18.9. The molecule has 22 heteroatoms. The standard InChI is InChI=1S/C69H65N5O17/c70-72-71-62-53(73-63(77)46-30-16-17-31-47(46)64(73)78)60(83-36-43-24-10-3-11-25-43)58(50(86-62)38-81-34-41-20-6-1-7-21-41)90-68-54(74-65(79)48-32-18-19-33-49(48)66(74)80)61(84-37-44-26-12-4-13-27-44)59(51(87-68)39-82-35-42-22-8-2-9-23-42)91-69-56(76)55(75)57-52(88-69)40-85-67(89-57)45-28-14-5-15-29-45/h1-33,50-62,67-69,75-76H,34-40H2/t50-,51-,52-,53-,54-,55-,56+,57-,58-,59-,60-,61-,62-,67?,68+,69+/m1/s1. The van der Waals surface area contributed by atoms with E-state index in [1.165, 1.54) is 24.3 Å². The Morgan fingerprint density at radius 3 is 1.34 bits per heavy atom. The Bertz CT molecular complexity index is 3640. The largest absolute Gasteiger partial charge is 0.387 e. The highest BCUT2D eigenvalue weighted by Crippen LogP contribution is 2.43. The summed E-state index contributed by atoms with van der Waals surface area (Å²) in [5, 5.41) is 28.4. The van der Waals surface area contributed by atoms with Gasteiger partial charge in [-0.1, -0.05) is 181 Å². The molecular weight excluding hydrogens is 1170 g/mol. The number of ether oxygens (including phenoxy) is 11. The van der Waals surface area contributed by atoms with Crippen molar-refractivity contribution in [2.75, 3.05) is 19.8 Å². The first kappa shape index (κ1) is 61.5. The molecule has 6 aliphatic rings. The Morgan fingerprint density at radius 1 is 0.462 bits per heavy atom. The number of rotatable bonds is 22. The van der Waals surface area contributed by atoms with Crippen LogP contribution in [0.4, 0.5) is 0 Å². The number of aliphatic hydroxyl groups is 2. The highest BCUT2D eigenvalue weighted by atomic mass is 16.8. The Morgan fingerprint density at radius 2 is 0.868 bits per heavy atom. The summed E-state index contributed by atoms with van der Waals surface area (Å²) in [6, 6.07) is 55.3. The van der Waals surface area contributed by atoms with Gasteiger partial charge in [-0.25, -0.2) is 0 Å². The Hall–Kier alpha value is -8.39. The first-order valence-corrected chi connectivity index (χ1v) is 30.1. The number of carbonyl (C=O) groups is 4. The molecule has 0 aromatic heterocycles. The predicted octanol–water partition coefficient (Wildman–Crippen LogP) is 8.01. The van der Waals surface area contributed by atoms with Gasteiger partial charge in [-0.15, -0.1) is 0 Å². The second kappa shape index (κ2) is 28.0. The first-order valence-electron chi connectivity index (χ1n) is 30.1. The number of hydrogen-bond acceptors (Lipinski definition) is 18. The molecule has 7 aromatic carbocycles. The lowest BCUT2D eigenvalue weighted by Crippen LogP contribution is -2.71. The molecule has 7 aromatic rings. The molecule has 13 rings (SSSR count). The molecule has 4 fully saturated rings. The van der Waals surface area contributed by atoms with Gasteiger partial charge in [-0.05, 0) is 52.1 Å². The maximum absolute atomic E-state index is 15.4. The van der Waals surface area contributed by atoms with Gasteiger partial charge in [0, 0.05) is 10.5 Å². The molecule has 4 saturated heterocycles. The molecule has 0 spiro atoms. The molecule has 0 radical (unpaired) electrons. The minimum atomic E-state index is -1.80. The van der Waals surface area contributed by atoms with Crippen molar-refractivity contribution < 1.29 is 81.5 Å². The van der Waals surface area contributed by atoms with Crippen molar-refractivity contribution in [2.45, 2.75) is 125 Å². The summed E-state index contributed by atoms with van der Waals surface area (Å²) in [5.74, 6) is -2.96. The molecule has 1 unspecified atom stereocenters. The zero-order chi connectivity index (χ0) is 62.4. The summed E-state index contributed by atoms with van der Waals surface area (Å²) in [6.45, 7) is -0.915. The van der Waals surface area contributed by atoms with E-state index in [2.05, 4.69) is 10.0 Å². The number of imide groups is 2. The number of carbonyl (C=O) groups excluding carboxylic acids is 4. The monoisotopic (exact) mass is 1240 g/mol. The summed E-state index contributed by atoms with van der Waals surface area (Å²) < 4.78 is 74.5.